The lowest BCUT2D eigenvalue weighted by molar-refractivity contribution is -0.118. The molecule has 0 spiro atoms. The third-order valence-electron chi connectivity index (χ3n) is 2.63. The van der Waals surface area contributed by atoms with Gasteiger partial charge >= 0.3 is 0 Å². The minimum Gasteiger partial charge on any atom is -0.344 e. The molecule has 1 aromatic carbocycles. The Balaban J connectivity index is 1.63. The molecule has 0 bridgehead atoms. The molecule has 0 saturated carbocycles. The van der Waals surface area contributed by atoms with Gasteiger partial charge in [0.2, 0.25) is 5.91 Å². The second-order valence-corrected chi connectivity index (χ2v) is 5.28. The molecule has 1 aromatic heterocycles. The van der Waals surface area contributed by atoms with Gasteiger partial charge in [0.15, 0.2) is 0 Å². The third-order valence-corrected chi connectivity index (χ3v) is 3.64. The molecule has 2 rings (SSSR count). The fraction of sp³-hybridized carbons (Fsp3) is 0.176. The van der Waals surface area contributed by atoms with Crippen LogP contribution in [0.5, 0.6) is 0 Å². The highest BCUT2D eigenvalue weighted by atomic mass is 32.2. The Hall–Kier alpha value is -2.25. The van der Waals surface area contributed by atoms with E-state index in [0.29, 0.717) is 12.3 Å². The highest BCUT2D eigenvalue weighted by Crippen LogP contribution is 2.10. The molecule has 0 aliphatic carbocycles. The van der Waals surface area contributed by atoms with Crippen molar-refractivity contribution in [3.05, 3.63) is 66.0 Å². The molecule has 0 fully saturated rings. The quantitative estimate of drug-likeness (QED) is 0.862. The van der Waals surface area contributed by atoms with Gasteiger partial charge < -0.3 is 5.32 Å². The summed E-state index contributed by atoms with van der Waals surface area (Å²) < 4.78 is 0. The van der Waals surface area contributed by atoms with Crippen molar-refractivity contribution in [2.75, 3.05) is 12.3 Å². The number of nitrogens with zero attached hydrogens (tertiary/aromatic N) is 1. The van der Waals surface area contributed by atoms with Crippen LogP contribution < -0.4 is 5.32 Å². The van der Waals surface area contributed by atoms with Gasteiger partial charge in [-0.3, -0.25) is 9.78 Å². The Bertz CT molecular complexity index is 617. The van der Waals surface area contributed by atoms with Crippen molar-refractivity contribution in [1.29, 1.82) is 0 Å². The zero-order valence-electron chi connectivity index (χ0n) is 11.6. The van der Waals surface area contributed by atoms with Crippen LogP contribution >= 0.6 is 11.8 Å². The number of carbonyl (C=O) groups is 1. The summed E-state index contributed by atoms with van der Waals surface area (Å²) in [6.45, 7) is 0.379. The second-order valence-electron chi connectivity index (χ2n) is 4.29. The zero-order chi connectivity index (χ0) is 14.8. The van der Waals surface area contributed by atoms with E-state index in [-0.39, 0.29) is 5.91 Å². The molecule has 106 valence electrons. The van der Waals surface area contributed by atoms with E-state index < -0.39 is 0 Å². The molecule has 21 heavy (non-hydrogen) atoms. The third kappa shape index (κ3) is 6.15. The smallest absolute Gasteiger partial charge is 0.230 e. The Labute approximate surface area is 129 Å². The first-order chi connectivity index (χ1) is 10.3. The van der Waals surface area contributed by atoms with Gasteiger partial charge in [-0.05, 0) is 29.8 Å². The van der Waals surface area contributed by atoms with Gasteiger partial charge in [-0.15, -0.1) is 11.8 Å². The van der Waals surface area contributed by atoms with Crippen molar-refractivity contribution in [3.63, 3.8) is 0 Å². The lowest BCUT2D eigenvalue weighted by Crippen LogP contribution is -2.25. The van der Waals surface area contributed by atoms with Gasteiger partial charge in [-0.2, -0.15) is 0 Å². The summed E-state index contributed by atoms with van der Waals surface area (Å²) in [5.41, 5.74) is 2.13. The van der Waals surface area contributed by atoms with Crippen LogP contribution in [0.2, 0.25) is 0 Å². The van der Waals surface area contributed by atoms with Crippen molar-refractivity contribution in [3.8, 4) is 11.8 Å². The van der Waals surface area contributed by atoms with Crippen LogP contribution in [0.3, 0.4) is 0 Å². The van der Waals surface area contributed by atoms with Gasteiger partial charge in [0.1, 0.15) is 0 Å². The number of nitrogens with one attached hydrogen (secondary N) is 1. The standard InChI is InChI=1S/C17H16N2OS/c20-17(14-21-13-16-8-11-18-12-9-16)19-10-4-7-15-5-2-1-3-6-15/h1-3,5-6,8-9,11-12H,10,13-14H2,(H,19,20). The highest BCUT2D eigenvalue weighted by molar-refractivity contribution is 7.99. The van der Waals surface area contributed by atoms with Crippen molar-refractivity contribution in [2.45, 2.75) is 5.75 Å². The fourth-order valence-electron chi connectivity index (χ4n) is 1.60. The molecule has 3 nitrogen and oxygen atoms in total. The molecule has 4 heteroatoms. The molecular formula is C17H16N2OS. The number of amides is 1. The van der Waals surface area contributed by atoms with E-state index in [0.717, 1.165) is 11.3 Å². The van der Waals surface area contributed by atoms with E-state index in [1.165, 1.54) is 5.56 Å². The topological polar surface area (TPSA) is 42.0 Å². The number of thioether (sulfide) groups is 1. The van der Waals surface area contributed by atoms with Crippen LogP contribution in [0, 0.1) is 11.8 Å². The summed E-state index contributed by atoms with van der Waals surface area (Å²) in [5.74, 6) is 7.21. The molecule has 1 amide bonds. The Morgan fingerprint density at radius 3 is 2.67 bits per heavy atom. The van der Waals surface area contributed by atoms with Crippen LogP contribution in [0.15, 0.2) is 54.9 Å². The Kier molecular flexibility index (Phi) is 6.37. The minimum atomic E-state index is 0.0106. The van der Waals surface area contributed by atoms with Crippen molar-refractivity contribution >= 4 is 17.7 Å². The lowest BCUT2D eigenvalue weighted by Gasteiger charge is -2.02. The van der Waals surface area contributed by atoms with Crippen LogP contribution in [-0.2, 0) is 10.5 Å². The lowest BCUT2D eigenvalue weighted by atomic mass is 10.2. The van der Waals surface area contributed by atoms with Gasteiger partial charge in [0.05, 0.1) is 12.3 Å². The van der Waals surface area contributed by atoms with Crippen molar-refractivity contribution in [1.82, 2.24) is 10.3 Å². The maximum atomic E-state index is 11.6. The molecule has 0 aliphatic rings. The monoisotopic (exact) mass is 296 g/mol. The van der Waals surface area contributed by atoms with E-state index in [2.05, 4.69) is 22.1 Å². The van der Waals surface area contributed by atoms with Gasteiger partial charge in [-0.25, -0.2) is 0 Å². The van der Waals surface area contributed by atoms with Crippen LogP contribution in [-0.4, -0.2) is 23.2 Å². The first-order valence-corrected chi connectivity index (χ1v) is 7.77. The number of rotatable bonds is 5. The molecule has 0 unspecified atom stereocenters. The highest BCUT2D eigenvalue weighted by Gasteiger charge is 2.00. The van der Waals surface area contributed by atoms with Gasteiger partial charge in [-0.1, -0.05) is 30.0 Å². The predicted octanol–water partition coefficient (Wildman–Crippen LogP) is 2.48. The van der Waals surface area contributed by atoms with E-state index in [9.17, 15) is 4.79 Å². The SMILES string of the molecule is O=C(CSCc1ccncc1)NCC#Cc1ccccc1. The summed E-state index contributed by atoms with van der Waals surface area (Å²) in [4.78, 5) is 15.6. The van der Waals surface area contributed by atoms with Crippen LogP contribution in [0.4, 0.5) is 0 Å². The molecule has 1 N–H and O–H groups in total. The van der Waals surface area contributed by atoms with Gasteiger partial charge in [0, 0.05) is 23.7 Å². The number of pyridine rings is 1. The van der Waals surface area contributed by atoms with Crippen LogP contribution in [0.1, 0.15) is 11.1 Å². The minimum absolute atomic E-state index is 0.0106. The molecular weight excluding hydrogens is 280 g/mol. The number of hydrogen-bond donors (Lipinski definition) is 1. The maximum Gasteiger partial charge on any atom is 0.230 e. The van der Waals surface area contributed by atoms with Crippen LogP contribution in [0.25, 0.3) is 0 Å². The van der Waals surface area contributed by atoms with Gasteiger partial charge in [0.25, 0.3) is 0 Å². The predicted molar refractivity (Wildman–Crippen MR) is 86.7 cm³/mol. The summed E-state index contributed by atoms with van der Waals surface area (Å²) >= 11 is 1.58. The number of carbonyl (C=O) groups excluding carboxylic acids is 1. The van der Waals surface area contributed by atoms with E-state index in [1.807, 2.05) is 42.5 Å². The molecule has 1 heterocycles. The fourth-order valence-corrected chi connectivity index (χ4v) is 2.42. The Morgan fingerprint density at radius 1 is 1.14 bits per heavy atom. The Morgan fingerprint density at radius 2 is 1.90 bits per heavy atom. The second kappa shape index (κ2) is 8.83. The average Bonchev–Trinajstić information content (AvgIpc) is 2.54. The molecule has 0 saturated heterocycles. The summed E-state index contributed by atoms with van der Waals surface area (Å²) in [7, 11) is 0. The molecule has 0 radical (unpaired) electrons. The summed E-state index contributed by atoms with van der Waals surface area (Å²) in [5, 5.41) is 2.79. The number of hydrogen-bond acceptors (Lipinski definition) is 3. The molecule has 0 atom stereocenters. The zero-order valence-corrected chi connectivity index (χ0v) is 12.4. The van der Waals surface area contributed by atoms with Crippen molar-refractivity contribution < 1.29 is 4.79 Å². The average molecular weight is 296 g/mol. The first kappa shape index (κ1) is 15.1. The largest absolute Gasteiger partial charge is 0.344 e. The van der Waals surface area contributed by atoms with Crippen molar-refractivity contribution in [2.24, 2.45) is 0 Å². The molecule has 2 aromatic rings. The van der Waals surface area contributed by atoms with E-state index in [1.54, 1.807) is 24.2 Å². The summed E-state index contributed by atoms with van der Waals surface area (Å²) in [6, 6.07) is 13.6. The molecule has 0 aliphatic heterocycles. The number of aromatic nitrogens is 1. The summed E-state index contributed by atoms with van der Waals surface area (Å²) in [6.07, 6.45) is 3.52. The van der Waals surface area contributed by atoms with E-state index in [4.69, 9.17) is 0 Å². The normalized spacial score (nSPS) is 9.52. The van der Waals surface area contributed by atoms with E-state index >= 15 is 0 Å². The number of benzene rings is 1. The maximum absolute atomic E-state index is 11.6. The first-order valence-electron chi connectivity index (χ1n) is 6.62.